The van der Waals surface area contributed by atoms with Crippen molar-refractivity contribution in [3.63, 3.8) is 0 Å². The SMILES string of the molecule is CC(=O)N(CCC(=O)NC1CCCC1)C1CCCC1. The highest BCUT2D eigenvalue weighted by molar-refractivity contribution is 5.78. The van der Waals surface area contributed by atoms with Gasteiger partial charge >= 0.3 is 0 Å². The van der Waals surface area contributed by atoms with Gasteiger partial charge in [-0.2, -0.15) is 0 Å². The summed E-state index contributed by atoms with van der Waals surface area (Å²) in [5.41, 5.74) is 0. The molecular formula is C15H26N2O2. The molecule has 0 saturated heterocycles. The third-order valence-corrected chi connectivity index (χ3v) is 4.47. The van der Waals surface area contributed by atoms with E-state index in [1.807, 2.05) is 4.90 Å². The van der Waals surface area contributed by atoms with Crippen LogP contribution in [0.1, 0.15) is 64.7 Å². The van der Waals surface area contributed by atoms with Crippen molar-refractivity contribution in [2.24, 2.45) is 0 Å². The molecule has 0 radical (unpaired) electrons. The van der Waals surface area contributed by atoms with Crippen molar-refractivity contribution >= 4 is 11.8 Å². The summed E-state index contributed by atoms with van der Waals surface area (Å²) in [5.74, 6) is 0.219. The number of nitrogens with zero attached hydrogens (tertiary/aromatic N) is 1. The Kier molecular flexibility index (Phi) is 5.23. The minimum Gasteiger partial charge on any atom is -0.353 e. The Bertz CT molecular complexity index is 318. The molecule has 108 valence electrons. The van der Waals surface area contributed by atoms with Crippen molar-refractivity contribution < 1.29 is 9.59 Å². The van der Waals surface area contributed by atoms with Crippen LogP contribution >= 0.6 is 0 Å². The van der Waals surface area contributed by atoms with E-state index in [2.05, 4.69) is 5.32 Å². The number of rotatable bonds is 5. The smallest absolute Gasteiger partial charge is 0.221 e. The van der Waals surface area contributed by atoms with E-state index in [-0.39, 0.29) is 11.8 Å². The van der Waals surface area contributed by atoms with Gasteiger partial charge in [-0.15, -0.1) is 0 Å². The summed E-state index contributed by atoms with van der Waals surface area (Å²) in [5, 5.41) is 3.09. The first kappa shape index (κ1) is 14.4. The minimum atomic E-state index is 0.108. The molecule has 0 spiro atoms. The molecule has 0 aliphatic heterocycles. The second kappa shape index (κ2) is 6.92. The van der Waals surface area contributed by atoms with Gasteiger partial charge in [-0.05, 0) is 25.7 Å². The van der Waals surface area contributed by atoms with Gasteiger partial charge in [-0.1, -0.05) is 25.7 Å². The minimum absolute atomic E-state index is 0.108. The summed E-state index contributed by atoms with van der Waals surface area (Å²) in [6.45, 7) is 2.20. The topological polar surface area (TPSA) is 49.4 Å². The molecule has 2 aliphatic carbocycles. The van der Waals surface area contributed by atoms with Gasteiger partial charge in [0, 0.05) is 32.0 Å². The lowest BCUT2D eigenvalue weighted by Gasteiger charge is -2.27. The third kappa shape index (κ3) is 4.22. The molecule has 2 fully saturated rings. The summed E-state index contributed by atoms with van der Waals surface area (Å²) < 4.78 is 0. The van der Waals surface area contributed by atoms with E-state index >= 15 is 0 Å². The fourth-order valence-electron chi connectivity index (χ4n) is 3.41. The number of nitrogens with one attached hydrogen (secondary N) is 1. The third-order valence-electron chi connectivity index (χ3n) is 4.47. The van der Waals surface area contributed by atoms with Crippen molar-refractivity contribution in [2.75, 3.05) is 6.54 Å². The maximum Gasteiger partial charge on any atom is 0.221 e. The van der Waals surface area contributed by atoms with Gasteiger partial charge in [-0.3, -0.25) is 9.59 Å². The Hall–Kier alpha value is -1.06. The van der Waals surface area contributed by atoms with Crippen molar-refractivity contribution in [1.82, 2.24) is 10.2 Å². The van der Waals surface area contributed by atoms with E-state index < -0.39 is 0 Å². The van der Waals surface area contributed by atoms with Crippen LogP contribution in [0.15, 0.2) is 0 Å². The molecule has 4 nitrogen and oxygen atoms in total. The average Bonchev–Trinajstić information content (AvgIpc) is 3.01. The first-order chi connectivity index (χ1) is 9.16. The lowest BCUT2D eigenvalue weighted by molar-refractivity contribution is -0.132. The molecule has 0 heterocycles. The maximum atomic E-state index is 11.9. The lowest BCUT2D eigenvalue weighted by Crippen LogP contribution is -2.41. The Morgan fingerprint density at radius 2 is 1.63 bits per heavy atom. The number of hydrogen-bond acceptors (Lipinski definition) is 2. The van der Waals surface area contributed by atoms with E-state index in [9.17, 15) is 9.59 Å². The fourth-order valence-corrected chi connectivity index (χ4v) is 3.41. The van der Waals surface area contributed by atoms with Gasteiger partial charge < -0.3 is 10.2 Å². The van der Waals surface area contributed by atoms with Crippen LogP contribution in [-0.4, -0.2) is 35.3 Å². The Morgan fingerprint density at radius 1 is 1.05 bits per heavy atom. The quantitative estimate of drug-likeness (QED) is 0.829. The van der Waals surface area contributed by atoms with Gasteiger partial charge in [0.25, 0.3) is 0 Å². The number of hydrogen-bond donors (Lipinski definition) is 1. The molecular weight excluding hydrogens is 240 g/mol. The van der Waals surface area contributed by atoms with Gasteiger partial charge in [-0.25, -0.2) is 0 Å². The van der Waals surface area contributed by atoms with Gasteiger partial charge in [0.05, 0.1) is 0 Å². The molecule has 2 saturated carbocycles. The first-order valence-corrected chi connectivity index (χ1v) is 7.73. The molecule has 2 rings (SSSR count). The zero-order chi connectivity index (χ0) is 13.7. The predicted octanol–water partition coefficient (Wildman–Crippen LogP) is 2.23. The Labute approximate surface area is 115 Å². The van der Waals surface area contributed by atoms with Crippen LogP contribution in [0.4, 0.5) is 0 Å². The van der Waals surface area contributed by atoms with Gasteiger partial charge in [0.1, 0.15) is 0 Å². The molecule has 0 bridgehead atoms. The van der Waals surface area contributed by atoms with Crippen molar-refractivity contribution in [1.29, 1.82) is 0 Å². The second-order valence-electron chi connectivity index (χ2n) is 5.95. The summed E-state index contributed by atoms with van der Waals surface area (Å²) in [6, 6.07) is 0.751. The van der Waals surface area contributed by atoms with E-state index in [1.165, 1.54) is 25.7 Å². The summed E-state index contributed by atoms with van der Waals surface area (Å²) in [7, 11) is 0. The van der Waals surface area contributed by atoms with Crippen LogP contribution in [0.25, 0.3) is 0 Å². The number of carbonyl (C=O) groups is 2. The number of carbonyl (C=O) groups excluding carboxylic acids is 2. The molecule has 0 aromatic rings. The van der Waals surface area contributed by atoms with E-state index in [0.717, 1.165) is 25.7 Å². The highest BCUT2D eigenvalue weighted by atomic mass is 16.2. The van der Waals surface area contributed by atoms with Gasteiger partial charge in [0.2, 0.25) is 11.8 Å². The highest BCUT2D eigenvalue weighted by Gasteiger charge is 2.25. The Balaban J connectivity index is 1.74. The molecule has 0 atom stereocenters. The zero-order valence-corrected chi connectivity index (χ0v) is 12.0. The largest absolute Gasteiger partial charge is 0.353 e. The standard InChI is InChI=1S/C15H26N2O2/c1-12(18)17(14-8-4-5-9-14)11-10-15(19)16-13-6-2-3-7-13/h13-14H,2-11H2,1H3,(H,16,19). The second-order valence-corrected chi connectivity index (χ2v) is 5.95. The fraction of sp³-hybridized carbons (Fsp3) is 0.867. The summed E-state index contributed by atoms with van der Waals surface area (Å²) in [6.07, 6.45) is 9.76. The average molecular weight is 266 g/mol. The Morgan fingerprint density at radius 3 is 2.21 bits per heavy atom. The van der Waals surface area contributed by atoms with Crippen LogP contribution in [0.2, 0.25) is 0 Å². The number of amides is 2. The van der Waals surface area contributed by atoms with E-state index in [1.54, 1.807) is 6.92 Å². The van der Waals surface area contributed by atoms with Crippen LogP contribution in [0, 0.1) is 0 Å². The lowest BCUT2D eigenvalue weighted by atomic mass is 10.2. The van der Waals surface area contributed by atoms with Crippen LogP contribution in [0.3, 0.4) is 0 Å². The first-order valence-electron chi connectivity index (χ1n) is 7.73. The highest BCUT2D eigenvalue weighted by Crippen LogP contribution is 2.23. The van der Waals surface area contributed by atoms with Crippen LogP contribution in [-0.2, 0) is 9.59 Å². The zero-order valence-electron chi connectivity index (χ0n) is 12.0. The molecule has 2 aliphatic rings. The van der Waals surface area contributed by atoms with Crippen LogP contribution < -0.4 is 5.32 Å². The maximum absolute atomic E-state index is 11.9. The monoisotopic (exact) mass is 266 g/mol. The van der Waals surface area contributed by atoms with Crippen molar-refractivity contribution in [3.8, 4) is 0 Å². The predicted molar refractivity (Wildman–Crippen MR) is 74.7 cm³/mol. The van der Waals surface area contributed by atoms with E-state index in [4.69, 9.17) is 0 Å². The normalized spacial score (nSPS) is 20.7. The molecule has 0 unspecified atom stereocenters. The molecule has 1 N–H and O–H groups in total. The molecule has 4 heteroatoms. The summed E-state index contributed by atoms with van der Waals surface area (Å²) in [4.78, 5) is 25.5. The van der Waals surface area contributed by atoms with Gasteiger partial charge in [0.15, 0.2) is 0 Å². The van der Waals surface area contributed by atoms with E-state index in [0.29, 0.717) is 25.0 Å². The van der Waals surface area contributed by atoms with Crippen molar-refractivity contribution in [2.45, 2.75) is 76.8 Å². The molecule has 0 aromatic heterocycles. The van der Waals surface area contributed by atoms with Crippen LogP contribution in [0.5, 0.6) is 0 Å². The molecule has 19 heavy (non-hydrogen) atoms. The summed E-state index contributed by atoms with van der Waals surface area (Å²) >= 11 is 0. The van der Waals surface area contributed by atoms with Crippen molar-refractivity contribution in [3.05, 3.63) is 0 Å². The molecule has 2 amide bonds. The molecule has 0 aromatic carbocycles.